The van der Waals surface area contributed by atoms with Crippen molar-refractivity contribution in [3.8, 4) is 43.4 Å². The lowest BCUT2D eigenvalue weighted by molar-refractivity contribution is -0.143. The number of fused-ring (bicyclic) bond motifs is 13. The highest BCUT2D eigenvalue weighted by atomic mass is 32.2. The second kappa shape index (κ2) is 26.9. The summed E-state index contributed by atoms with van der Waals surface area (Å²) < 4.78 is 11.1. The van der Waals surface area contributed by atoms with Gasteiger partial charge >= 0.3 is 12.1 Å². The van der Waals surface area contributed by atoms with Gasteiger partial charge in [-0.25, -0.2) is 34.7 Å². The zero-order chi connectivity index (χ0) is 60.1. The minimum atomic E-state index is -1.28. The number of aliphatic hydroxyl groups is 1. The Morgan fingerprint density at radius 1 is 0.753 bits per heavy atom. The highest BCUT2D eigenvalue weighted by Crippen LogP contribution is 2.40. The van der Waals surface area contributed by atoms with E-state index in [4.69, 9.17) is 39.4 Å². The van der Waals surface area contributed by atoms with E-state index in [2.05, 4.69) is 36.9 Å². The Hall–Kier alpha value is -7.45. The molecule has 2 aliphatic heterocycles. The number of thioether (sulfide) groups is 1. The number of nitrogens with zero attached hydrogens (tertiary/aromatic N) is 7. The largest absolute Gasteiger partial charge is 0.481 e. The number of pyridine rings is 1. The van der Waals surface area contributed by atoms with Gasteiger partial charge in [0.05, 0.1) is 53.6 Å². The molecule has 85 heavy (non-hydrogen) atoms. The average molecular weight is 1270 g/mol. The van der Waals surface area contributed by atoms with Crippen LogP contribution in [0.4, 0.5) is 10.6 Å². The monoisotopic (exact) mass is 1270 g/mol. The van der Waals surface area contributed by atoms with Crippen LogP contribution in [0.1, 0.15) is 106 Å². The number of hydrogen-bond acceptors (Lipinski definition) is 23. The predicted octanol–water partition coefficient (Wildman–Crippen LogP) is 7.44. The molecule has 1 fully saturated rings. The molecule has 1 aromatic carbocycles. The van der Waals surface area contributed by atoms with Gasteiger partial charge in [0.1, 0.15) is 83.6 Å². The molecule has 8 N–H and O–H groups in total. The van der Waals surface area contributed by atoms with E-state index in [9.17, 15) is 43.8 Å². The first-order chi connectivity index (χ1) is 40.9. The number of amides is 6. The molecular weight excluding hydrogens is 1210 g/mol. The standard InChI is InChI=1S/C55H57N13O11S6/c1-24(2)39-53-68-42(35(85-53)19-78-5)46(73)57-18-38(70)65-43(44(71)26-9-7-6-8-10-26)52-62-34(22-82-52)50-60-32(20-81-50)41-29(15-16-30(58-41)49-63-36(23-83-49)64-55(77)79-28-13-11-27(12-14-28)54(75)76)48-61-33(21-80-48)45(72)59-31(17-37(69)56-4)51-67-40(25(3)84-51)47(74)66-39/h6-10,15-16,20-24,27-28,31,35,39,42-44,71H,11-14,17-19H2,1-5H3,(H,56,69)(H,57,73)(H,59,72)(H,64,77)(H,65,70)(H,66,74)(H,75,76)/t27?,28?,31-,35?,39-,42?,43-,44-/m0/s1. The topological polar surface area (TPSA) is 340 Å². The summed E-state index contributed by atoms with van der Waals surface area (Å²) in [5, 5.41) is 46.8. The van der Waals surface area contributed by atoms with E-state index in [1.807, 2.05) is 13.8 Å². The number of nitrogens with one attached hydrogen (secondary N) is 6. The van der Waals surface area contributed by atoms with Crippen LogP contribution < -0.4 is 31.9 Å². The van der Waals surface area contributed by atoms with E-state index in [1.54, 1.807) is 70.9 Å². The van der Waals surface area contributed by atoms with E-state index in [-0.39, 0.29) is 36.2 Å². The summed E-state index contributed by atoms with van der Waals surface area (Å²) in [5.74, 6) is -4.09. The SMILES string of the molecule is CNC(=O)C[C@@H]1NC(=O)c2csc(n2)-c2ccc(-c3nc(NC(=O)OC4CCC(C(=O)O)CC4)cs3)nc2-c2csc(n2)-c2csc(n2)[C@H]([C@@H](O)c2ccccc2)NC(=O)CNC(=O)C2N=C(SC2COC)[C@H](C(C)C)NC(=O)c2nc1sc2C. The van der Waals surface area contributed by atoms with E-state index >= 15 is 0 Å². The fraction of sp³-hybridized carbons (Fsp3) is 0.382. The third-order valence-electron chi connectivity index (χ3n) is 14.1. The molecule has 7 aromatic rings. The van der Waals surface area contributed by atoms with Crippen molar-refractivity contribution in [3.63, 3.8) is 0 Å². The number of anilines is 1. The summed E-state index contributed by atoms with van der Waals surface area (Å²) in [6, 6.07) is 8.51. The number of aliphatic carboxylic acids is 1. The maximum Gasteiger partial charge on any atom is 0.413 e. The van der Waals surface area contributed by atoms with Crippen molar-refractivity contribution >= 4 is 121 Å². The van der Waals surface area contributed by atoms with Gasteiger partial charge in [-0.2, -0.15) is 0 Å². The molecule has 2 unspecified atom stereocenters. The smallest absolute Gasteiger partial charge is 0.413 e. The number of aliphatic imine (C=N–C) groups is 1. The van der Waals surface area contributed by atoms with E-state index < -0.39 is 95.7 Å². The number of carbonyl (C=O) groups excluding carboxylic acids is 6. The normalized spacial score (nSPS) is 21.6. The lowest BCUT2D eigenvalue weighted by Gasteiger charge is -2.25. The summed E-state index contributed by atoms with van der Waals surface area (Å²) in [4.78, 5) is 128. The van der Waals surface area contributed by atoms with Crippen molar-refractivity contribution in [2.24, 2.45) is 16.8 Å². The van der Waals surface area contributed by atoms with Crippen molar-refractivity contribution in [3.05, 3.63) is 95.8 Å². The lowest BCUT2D eigenvalue weighted by Crippen LogP contribution is -2.45. The third kappa shape index (κ3) is 14.1. The minimum absolute atomic E-state index is 0.0197. The van der Waals surface area contributed by atoms with Crippen LogP contribution in [0.3, 0.4) is 0 Å². The van der Waals surface area contributed by atoms with Crippen molar-refractivity contribution in [1.82, 2.24) is 56.5 Å². The second-order valence-electron chi connectivity index (χ2n) is 20.3. The highest BCUT2D eigenvalue weighted by molar-refractivity contribution is 8.15. The predicted molar refractivity (Wildman–Crippen MR) is 324 cm³/mol. The molecule has 10 bridgehead atoms. The number of carbonyl (C=O) groups is 7. The van der Waals surface area contributed by atoms with Gasteiger partial charge in [0.15, 0.2) is 0 Å². The van der Waals surface area contributed by atoms with Gasteiger partial charge in [0, 0.05) is 46.1 Å². The number of hydrogen-bond donors (Lipinski definition) is 8. The van der Waals surface area contributed by atoms with Crippen LogP contribution in [-0.4, -0.2) is 138 Å². The summed E-state index contributed by atoms with van der Waals surface area (Å²) in [7, 11) is 2.97. The van der Waals surface area contributed by atoms with Crippen LogP contribution in [0, 0.1) is 18.8 Å². The molecule has 6 aromatic heterocycles. The summed E-state index contributed by atoms with van der Waals surface area (Å²) in [6.45, 7) is 5.14. The number of benzene rings is 1. The number of thiazole rings is 5. The van der Waals surface area contributed by atoms with Gasteiger partial charge in [-0.05, 0) is 56.2 Å². The zero-order valence-corrected chi connectivity index (χ0v) is 51.0. The molecular formula is C55H57N13O11S6. The van der Waals surface area contributed by atoms with Gasteiger partial charge in [-0.3, -0.25) is 39.1 Å². The van der Waals surface area contributed by atoms with Crippen LogP contribution >= 0.6 is 68.4 Å². The number of rotatable bonds is 11. The Morgan fingerprint density at radius 3 is 2.21 bits per heavy atom. The Balaban J connectivity index is 1.01. The fourth-order valence-electron chi connectivity index (χ4n) is 9.61. The van der Waals surface area contributed by atoms with Gasteiger partial charge in [0.2, 0.25) is 17.7 Å². The number of aryl methyl sites for hydroxylation is 1. The molecule has 0 spiro atoms. The van der Waals surface area contributed by atoms with Crippen LogP contribution in [0.5, 0.6) is 0 Å². The summed E-state index contributed by atoms with van der Waals surface area (Å²) >= 11 is 7.26. The van der Waals surface area contributed by atoms with E-state index in [0.717, 1.165) is 11.3 Å². The Bertz CT molecular complexity index is 3670. The first kappa shape index (κ1) is 60.7. The van der Waals surface area contributed by atoms with Crippen LogP contribution in [0.15, 0.2) is 69.0 Å². The molecule has 0 saturated heterocycles. The van der Waals surface area contributed by atoms with E-state index in [0.29, 0.717) is 94.5 Å². The van der Waals surface area contributed by atoms with Crippen molar-refractivity contribution in [2.75, 3.05) is 32.6 Å². The molecule has 30 heteroatoms. The number of carboxylic acid groups (broad SMARTS) is 1. The summed E-state index contributed by atoms with van der Waals surface area (Å²) in [6.07, 6.45) is -0.984. The number of methoxy groups -OCH3 is 1. The first-order valence-corrected chi connectivity index (χ1v) is 32.0. The molecule has 1 saturated carbocycles. The highest BCUT2D eigenvalue weighted by Gasteiger charge is 2.40. The zero-order valence-electron chi connectivity index (χ0n) is 46.1. The molecule has 1 aliphatic carbocycles. The molecule has 3 aliphatic rings. The van der Waals surface area contributed by atoms with Crippen molar-refractivity contribution in [1.29, 1.82) is 0 Å². The molecule has 6 amide bonds. The quantitative estimate of drug-likeness (QED) is 0.0623. The molecule has 0 radical (unpaired) electrons. The van der Waals surface area contributed by atoms with Crippen LogP contribution in [0.2, 0.25) is 0 Å². The van der Waals surface area contributed by atoms with Gasteiger partial charge in [0.25, 0.3) is 11.8 Å². The minimum Gasteiger partial charge on any atom is -0.481 e. The number of aliphatic hydroxyl groups excluding tert-OH is 1. The third-order valence-corrected chi connectivity index (χ3v) is 20.0. The van der Waals surface area contributed by atoms with Gasteiger partial charge in [-0.1, -0.05) is 44.2 Å². The average Bonchev–Trinajstić information content (AvgIpc) is 4.56. The van der Waals surface area contributed by atoms with Crippen molar-refractivity contribution in [2.45, 2.75) is 94.5 Å². The lowest BCUT2D eigenvalue weighted by atomic mass is 9.87. The molecule has 10 rings (SSSR count). The van der Waals surface area contributed by atoms with Crippen molar-refractivity contribution < 1.29 is 53.2 Å². The maximum atomic E-state index is 14.3. The molecule has 6 atom stereocenters. The number of carboxylic acids is 1. The van der Waals surface area contributed by atoms with Crippen LogP contribution in [0.25, 0.3) is 43.4 Å². The Labute approximate surface area is 510 Å². The Kier molecular flexibility index (Phi) is 19.2. The van der Waals surface area contributed by atoms with Gasteiger partial charge < -0.3 is 46.3 Å². The molecule has 8 heterocycles. The maximum absolute atomic E-state index is 14.3. The molecule has 444 valence electrons. The van der Waals surface area contributed by atoms with Crippen LogP contribution in [-0.2, 0) is 28.7 Å². The van der Waals surface area contributed by atoms with Gasteiger partial charge in [-0.15, -0.1) is 68.4 Å². The fourth-order valence-corrected chi connectivity index (χ4v) is 15.3. The summed E-state index contributed by atoms with van der Waals surface area (Å²) in [5.41, 5.74) is 2.65. The number of aromatic nitrogens is 6. The molecule has 24 nitrogen and oxygen atoms in total. The number of ether oxygens (including phenoxy) is 2. The first-order valence-electron chi connectivity index (χ1n) is 26.8. The Morgan fingerprint density at radius 2 is 1.47 bits per heavy atom. The van der Waals surface area contributed by atoms with E-state index in [1.165, 1.54) is 71.3 Å². The second-order valence-corrected chi connectivity index (χ2v) is 26.3.